The Morgan fingerprint density at radius 3 is 2.94 bits per heavy atom. The molecule has 2 N–H and O–H groups in total. The first-order valence-corrected chi connectivity index (χ1v) is 5.50. The zero-order chi connectivity index (χ0) is 12.4. The summed E-state index contributed by atoms with van der Waals surface area (Å²) in [6.07, 6.45) is 1.62. The number of nitrogens with zero attached hydrogens (tertiary/aromatic N) is 1. The van der Waals surface area contributed by atoms with Crippen LogP contribution in [-0.2, 0) is 4.79 Å². The molecule has 88 valence electrons. The molecule has 0 radical (unpaired) electrons. The normalized spacial score (nSPS) is 12.4. The Kier molecular flexibility index (Phi) is 3.15. The summed E-state index contributed by atoms with van der Waals surface area (Å²) in [5.74, 6) is -0.446. The summed E-state index contributed by atoms with van der Waals surface area (Å²) in [6.45, 7) is 1.56. The zero-order valence-corrected chi connectivity index (χ0v) is 9.90. The van der Waals surface area contributed by atoms with E-state index in [9.17, 15) is 4.79 Å². The molecule has 2 aromatic rings. The first-order chi connectivity index (χ1) is 8.09. The number of hydrogen-bond donors (Lipinski definition) is 2. The molecule has 0 saturated heterocycles. The molecule has 1 aromatic carbocycles. The number of rotatable bonds is 3. The average Bonchev–Trinajstić information content (AvgIpc) is 2.29. The molecule has 0 bridgehead atoms. The van der Waals surface area contributed by atoms with E-state index in [1.807, 2.05) is 18.2 Å². The number of hydrogen-bond acceptors (Lipinski definition) is 3. The second-order valence-corrected chi connectivity index (χ2v) is 4.11. The highest BCUT2D eigenvalue weighted by atomic mass is 35.5. The van der Waals surface area contributed by atoms with Gasteiger partial charge in [0.1, 0.15) is 11.9 Å². The van der Waals surface area contributed by atoms with E-state index in [0.717, 1.165) is 10.8 Å². The summed E-state index contributed by atoms with van der Waals surface area (Å²) in [4.78, 5) is 14.9. The lowest BCUT2D eigenvalue weighted by atomic mass is 10.1. The van der Waals surface area contributed by atoms with Gasteiger partial charge in [-0.2, -0.15) is 0 Å². The van der Waals surface area contributed by atoms with Crippen LogP contribution in [0.4, 0.5) is 5.82 Å². The van der Waals surface area contributed by atoms with Crippen LogP contribution in [0.3, 0.4) is 0 Å². The van der Waals surface area contributed by atoms with Crippen molar-refractivity contribution in [3.63, 3.8) is 0 Å². The first kappa shape index (κ1) is 11.7. The number of aliphatic carboxylic acids is 1. The summed E-state index contributed by atoms with van der Waals surface area (Å²) >= 11 is 6.10. The Balaban J connectivity index is 2.50. The molecule has 0 amide bonds. The van der Waals surface area contributed by atoms with E-state index in [0.29, 0.717) is 10.8 Å². The Morgan fingerprint density at radius 2 is 2.24 bits per heavy atom. The summed E-state index contributed by atoms with van der Waals surface area (Å²) in [5.41, 5.74) is 0. The van der Waals surface area contributed by atoms with E-state index in [4.69, 9.17) is 16.7 Å². The SMILES string of the molecule is CC(Nc1nccc2cccc(Cl)c12)C(=O)O. The van der Waals surface area contributed by atoms with Gasteiger partial charge in [-0.1, -0.05) is 23.7 Å². The van der Waals surface area contributed by atoms with Crippen LogP contribution in [-0.4, -0.2) is 22.1 Å². The van der Waals surface area contributed by atoms with Gasteiger partial charge in [-0.25, -0.2) is 4.98 Å². The molecule has 4 nitrogen and oxygen atoms in total. The Hall–Kier alpha value is -1.81. The lowest BCUT2D eigenvalue weighted by Crippen LogP contribution is -2.25. The van der Waals surface area contributed by atoms with Gasteiger partial charge in [-0.15, -0.1) is 0 Å². The molecule has 1 heterocycles. The number of carboxylic acids is 1. The molecule has 17 heavy (non-hydrogen) atoms. The third-order valence-electron chi connectivity index (χ3n) is 2.46. The number of halogens is 1. The predicted molar refractivity (Wildman–Crippen MR) is 67.5 cm³/mol. The maximum Gasteiger partial charge on any atom is 0.325 e. The predicted octanol–water partition coefficient (Wildman–Crippen LogP) is 2.77. The minimum Gasteiger partial charge on any atom is -0.480 e. The lowest BCUT2D eigenvalue weighted by Gasteiger charge is -2.12. The molecular formula is C12H11ClN2O2. The molecular weight excluding hydrogens is 240 g/mol. The highest BCUT2D eigenvalue weighted by Gasteiger charge is 2.13. The molecule has 0 spiro atoms. The van der Waals surface area contributed by atoms with Crippen LogP contribution in [0.1, 0.15) is 6.92 Å². The summed E-state index contributed by atoms with van der Waals surface area (Å²) in [6, 6.07) is 6.61. The number of pyridine rings is 1. The van der Waals surface area contributed by atoms with Gasteiger partial charge in [0, 0.05) is 11.6 Å². The number of aromatic nitrogens is 1. The molecule has 1 aromatic heterocycles. The van der Waals surface area contributed by atoms with Gasteiger partial charge >= 0.3 is 5.97 Å². The van der Waals surface area contributed by atoms with Gasteiger partial charge in [0.25, 0.3) is 0 Å². The largest absolute Gasteiger partial charge is 0.480 e. The smallest absolute Gasteiger partial charge is 0.325 e. The maximum atomic E-state index is 10.8. The molecule has 0 fully saturated rings. The number of anilines is 1. The molecule has 0 aliphatic heterocycles. The van der Waals surface area contributed by atoms with Crippen LogP contribution < -0.4 is 5.32 Å². The topological polar surface area (TPSA) is 62.2 Å². The number of fused-ring (bicyclic) bond motifs is 1. The summed E-state index contributed by atoms with van der Waals surface area (Å²) in [7, 11) is 0. The minimum absolute atomic E-state index is 0.489. The van der Waals surface area contributed by atoms with Crippen molar-refractivity contribution in [2.75, 3.05) is 5.32 Å². The van der Waals surface area contributed by atoms with E-state index in [1.54, 1.807) is 19.2 Å². The average molecular weight is 251 g/mol. The molecule has 1 unspecified atom stereocenters. The Morgan fingerprint density at radius 1 is 1.47 bits per heavy atom. The molecule has 2 rings (SSSR count). The third kappa shape index (κ3) is 2.31. The lowest BCUT2D eigenvalue weighted by molar-refractivity contribution is -0.137. The molecule has 5 heteroatoms. The standard InChI is InChI=1S/C12H11ClN2O2/c1-7(12(16)17)15-11-10-8(5-6-14-11)3-2-4-9(10)13/h2-7H,1H3,(H,14,15)(H,16,17). The zero-order valence-electron chi connectivity index (χ0n) is 9.14. The Bertz CT molecular complexity index is 566. The highest BCUT2D eigenvalue weighted by molar-refractivity contribution is 6.36. The van der Waals surface area contributed by atoms with E-state index in [-0.39, 0.29) is 0 Å². The van der Waals surface area contributed by atoms with Crippen LogP contribution in [0.15, 0.2) is 30.5 Å². The van der Waals surface area contributed by atoms with E-state index in [1.165, 1.54) is 0 Å². The number of carbonyl (C=O) groups is 1. The van der Waals surface area contributed by atoms with Crippen molar-refractivity contribution in [3.8, 4) is 0 Å². The van der Waals surface area contributed by atoms with Crippen molar-refractivity contribution in [2.45, 2.75) is 13.0 Å². The van der Waals surface area contributed by atoms with Crippen LogP contribution in [0.25, 0.3) is 10.8 Å². The number of benzene rings is 1. The van der Waals surface area contributed by atoms with Crippen LogP contribution in [0.2, 0.25) is 5.02 Å². The van der Waals surface area contributed by atoms with Crippen LogP contribution >= 0.6 is 11.6 Å². The second kappa shape index (κ2) is 4.59. The molecule has 1 atom stereocenters. The van der Waals surface area contributed by atoms with Crippen molar-refractivity contribution in [2.24, 2.45) is 0 Å². The van der Waals surface area contributed by atoms with Crippen molar-refractivity contribution in [3.05, 3.63) is 35.5 Å². The van der Waals surface area contributed by atoms with Crippen molar-refractivity contribution in [1.82, 2.24) is 4.98 Å². The molecule has 0 aliphatic carbocycles. The summed E-state index contributed by atoms with van der Waals surface area (Å²) < 4.78 is 0. The molecule has 0 aliphatic rings. The molecule has 0 saturated carbocycles. The van der Waals surface area contributed by atoms with Gasteiger partial charge in [-0.3, -0.25) is 4.79 Å². The fraction of sp³-hybridized carbons (Fsp3) is 0.167. The summed E-state index contributed by atoms with van der Waals surface area (Å²) in [5, 5.41) is 13.9. The van der Waals surface area contributed by atoms with Crippen molar-refractivity contribution < 1.29 is 9.90 Å². The van der Waals surface area contributed by atoms with Gasteiger partial charge in [0.15, 0.2) is 0 Å². The minimum atomic E-state index is -0.934. The Labute approximate surface area is 103 Å². The van der Waals surface area contributed by atoms with Gasteiger partial charge in [0.05, 0.1) is 5.02 Å². The monoisotopic (exact) mass is 250 g/mol. The third-order valence-corrected chi connectivity index (χ3v) is 2.78. The first-order valence-electron chi connectivity index (χ1n) is 5.12. The van der Waals surface area contributed by atoms with Crippen molar-refractivity contribution in [1.29, 1.82) is 0 Å². The van der Waals surface area contributed by atoms with Crippen molar-refractivity contribution >= 4 is 34.2 Å². The van der Waals surface area contributed by atoms with E-state index < -0.39 is 12.0 Å². The highest BCUT2D eigenvalue weighted by Crippen LogP contribution is 2.28. The van der Waals surface area contributed by atoms with Crippen LogP contribution in [0.5, 0.6) is 0 Å². The van der Waals surface area contributed by atoms with Gasteiger partial charge in [-0.05, 0) is 24.4 Å². The second-order valence-electron chi connectivity index (χ2n) is 3.70. The van der Waals surface area contributed by atoms with E-state index in [2.05, 4.69) is 10.3 Å². The number of nitrogens with one attached hydrogen (secondary N) is 1. The number of carboxylic acid groups (broad SMARTS) is 1. The maximum absolute atomic E-state index is 10.8. The van der Waals surface area contributed by atoms with Crippen LogP contribution in [0, 0.1) is 0 Å². The van der Waals surface area contributed by atoms with Gasteiger partial charge < -0.3 is 10.4 Å². The van der Waals surface area contributed by atoms with E-state index >= 15 is 0 Å². The quantitative estimate of drug-likeness (QED) is 0.879. The van der Waals surface area contributed by atoms with Gasteiger partial charge in [0.2, 0.25) is 0 Å². The fourth-order valence-corrected chi connectivity index (χ4v) is 1.83. The fourth-order valence-electron chi connectivity index (χ4n) is 1.56.